The van der Waals surface area contributed by atoms with Crippen LogP contribution in [0.3, 0.4) is 0 Å². The molecule has 4 nitrogen and oxygen atoms in total. The summed E-state index contributed by atoms with van der Waals surface area (Å²) in [4.78, 5) is 23.4. The lowest BCUT2D eigenvalue weighted by Crippen LogP contribution is -2.23. The minimum Gasteiger partial charge on any atom is -0.462 e. The number of carbonyl (C=O) groups excluding carboxylic acids is 2. The quantitative estimate of drug-likeness (QED) is 0.483. The summed E-state index contributed by atoms with van der Waals surface area (Å²) in [7, 11) is 0. The fraction of sp³-hybridized carbons (Fsp3) is 0.333. The molecule has 0 spiro atoms. The van der Waals surface area contributed by atoms with Crippen LogP contribution in [-0.2, 0) is 4.74 Å². The van der Waals surface area contributed by atoms with E-state index in [1.807, 2.05) is 6.92 Å². The number of nitrogens with one attached hydrogen (secondary N) is 1. The van der Waals surface area contributed by atoms with Crippen molar-refractivity contribution in [1.82, 2.24) is 5.32 Å². The van der Waals surface area contributed by atoms with Gasteiger partial charge < -0.3 is 10.1 Å². The number of hydrogen-bond acceptors (Lipinski definition) is 3. The van der Waals surface area contributed by atoms with Gasteiger partial charge >= 0.3 is 5.97 Å². The van der Waals surface area contributed by atoms with Gasteiger partial charge in [-0.15, -0.1) is 6.42 Å². The molecule has 0 radical (unpaired) electrons. The maximum absolute atomic E-state index is 11.7. The van der Waals surface area contributed by atoms with Gasteiger partial charge in [0.05, 0.1) is 18.7 Å². The Morgan fingerprint density at radius 1 is 1.37 bits per heavy atom. The van der Waals surface area contributed by atoms with E-state index in [9.17, 15) is 9.59 Å². The zero-order valence-corrected chi connectivity index (χ0v) is 10.9. The van der Waals surface area contributed by atoms with Gasteiger partial charge in [0.25, 0.3) is 5.91 Å². The average molecular weight is 259 g/mol. The molecular weight excluding hydrogens is 242 g/mol. The molecule has 0 saturated carbocycles. The molecule has 19 heavy (non-hydrogen) atoms. The minimum absolute atomic E-state index is 0.157. The molecule has 0 aliphatic heterocycles. The molecule has 0 saturated heterocycles. The van der Waals surface area contributed by atoms with Crippen molar-refractivity contribution in [3.63, 3.8) is 0 Å². The summed E-state index contributed by atoms with van der Waals surface area (Å²) in [5.74, 6) is 1.60. The first-order valence-corrected chi connectivity index (χ1v) is 6.18. The predicted molar refractivity (Wildman–Crippen MR) is 72.8 cm³/mol. The summed E-state index contributed by atoms with van der Waals surface area (Å²) in [5.41, 5.74) is 0.754. The third kappa shape index (κ3) is 4.84. The average Bonchev–Trinajstić information content (AvgIpc) is 2.45. The summed E-state index contributed by atoms with van der Waals surface area (Å²) in [5, 5.41) is 2.54. The predicted octanol–water partition coefficient (Wildman–Crippen LogP) is 2.01. The van der Waals surface area contributed by atoms with Gasteiger partial charge in [0.2, 0.25) is 0 Å². The Morgan fingerprint density at radius 2 is 2.11 bits per heavy atom. The summed E-state index contributed by atoms with van der Waals surface area (Å²) in [6.07, 6.45) is 6.85. The Bertz CT molecular complexity index is 488. The Kier molecular flexibility index (Phi) is 6.17. The number of hydrogen-bond donors (Lipinski definition) is 1. The molecule has 0 unspecified atom stereocenters. The second-order valence-electron chi connectivity index (χ2n) is 3.96. The lowest BCUT2D eigenvalue weighted by atomic mass is 10.1. The number of ether oxygens (including phenoxy) is 1. The SMILES string of the molecule is C#CCNC(=O)c1cccc(C(=O)OCCCC)c1. The minimum atomic E-state index is -0.417. The van der Waals surface area contributed by atoms with Crippen molar-refractivity contribution in [2.45, 2.75) is 19.8 Å². The van der Waals surface area contributed by atoms with Gasteiger partial charge in [0.1, 0.15) is 0 Å². The molecule has 4 heteroatoms. The van der Waals surface area contributed by atoms with E-state index in [0.29, 0.717) is 17.7 Å². The normalized spacial score (nSPS) is 9.47. The molecule has 1 rings (SSSR count). The second kappa shape index (κ2) is 7.93. The molecular formula is C15H17NO3. The molecule has 0 heterocycles. The Labute approximate surface area is 113 Å². The number of terminal acetylenes is 1. The van der Waals surface area contributed by atoms with Crippen molar-refractivity contribution in [2.75, 3.05) is 13.2 Å². The van der Waals surface area contributed by atoms with Crippen molar-refractivity contribution >= 4 is 11.9 Å². The van der Waals surface area contributed by atoms with Crippen LogP contribution in [0.15, 0.2) is 24.3 Å². The molecule has 1 aromatic carbocycles. The van der Waals surface area contributed by atoms with Gasteiger partial charge in [-0.2, -0.15) is 0 Å². The van der Waals surface area contributed by atoms with Crippen LogP contribution in [0, 0.1) is 12.3 Å². The fourth-order valence-corrected chi connectivity index (χ4v) is 1.41. The zero-order chi connectivity index (χ0) is 14.1. The first kappa shape index (κ1) is 14.8. The standard InChI is InChI=1S/C15H17NO3/c1-3-5-10-19-15(18)13-8-6-7-12(11-13)14(17)16-9-4-2/h2,6-8,11H,3,5,9-10H2,1H3,(H,16,17). The number of benzene rings is 1. The lowest BCUT2D eigenvalue weighted by Gasteiger charge is -2.06. The van der Waals surface area contributed by atoms with Crippen LogP contribution in [0.25, 0.3) is 0 Å². The Balaban J connectivity index is 2.68. The van der Waals surface area contributed by atoms with Crippen LogP contribution in [0.4, 0.5) is 0 Å². The van der Waals surface area contributed by atoms with Crippen molar-refractivity contribution in [2.24, 2.45) is 0 Å². The second-order valence-corrected chi connectivity index (χ2v) is 3.96. The van der Waals surface area contributed by atoms with Crippen molar-refractivity contribution in [1.29, 1.82) is 0 Å². The summed E-state index contributed by atoms with van der Waals surface area (Å²) >= 11 is 0. The van der Waals surface area contributed by atoms with Crippen molar-refractivity contribution in [3.05, 3.63) is 35.4 Å². The molecule has 0 aliphatic rings. The van der Waals surface area contributed by atoms with Gasteiger partial charge in [0, 0.05) is 5.56 Å². The van der Waals surface area contributed by atoms with Gasteiger partial charge in [-0.05, 0) is 24.6 Å². The zero-order valence-electron chi connectivity index (χ0n) is 10.9. The van der Waals surface area contributed by atoms with Gasteiger partial charge in [0.15, 0.2) is 0 Å². The van der Waals surface area contributed by atoms with E-state index in [1.165, 1.54) is 6.07 Å². The van der Waals surface area contributed by atoms with Crippen molar-refractivity contribution < 1.29 is 14.3 Å². The highest BCUT2D eigenvalue weighted by Crippen LogP contribution is 2.07. The van der Waals surface area contributed by atoms with E-state index in [0.717, 1.165) is 12.8 Å². The smallest absolute Gasteiger partial charge is 0.338 e. The van der Waals surface area contributed by atoms with E-state index < -0.39 is 5.97 Å². The first-order valence-electron chi connectivity index (χ1n) is 6.18. The van der Waals surface area contributed by atoms with E-state index in [4.69, 9.17) is 11.2 Å². The maximum Gasteiger partial charge on any atom is 0.338 e. The van der Waals surface area contributed by atoms with Crippen LogP contribution in [0.1, 0.15) is 40.5 Å². The van der Waals surface area contributed by atoms with Gasteiger partial charge in [-0.25, -0.2) is 4.79 Å². The van der Waals surface area contributed by atoms with Crippen LogP contribution in [-0.4, -0.2) is 25.0 Å². The topological polar surface area (TPSA) is 55.4 Å². The molecule has 0 bridgehead atoms. The summed E-state index contributed by atoms with van der Waals surface area (Å²) in [6.45, 7) is 2.57. The molecule has 0 aliphatic carbocycles. The lowest BCUT2D eigenvalue weighted by molar-refractivity contribution is 0.0499. The molecule has 0 fully saturated rings. The third-order valence-corrected chi connectivity index (χ3v) is 2.44. The number of carbonyl (C=O) groups is 2. The molecule has 0 aromatic heterocycles. The van der Waals surface area contributed by atoms with E-state index in [1.54, 1.807) is 18.2 Å². The van der Waals surface area contributed by atoms with Gasteiger partial charge in [-0.3, -0.25) is 4.79 Å². The van der Waals surface area contributed by atoms with E-state index in [2.05, 4.69) is 11.2 Å². The molecule has 1 amide bonds. The fourth-order valence-electron chi connectivity index (χ4n) is 1.41. The third-order valence-electron chi connectivity index (χ3n) is 2.44. The number of esters is 1. The summed E-state index contributed by atoms with van der Waals surface area (Å²) < 4.78 is 5.08. The highest BCUT2D eigenvalue weighted by Gasteiger charge is 2.10. The number of rotatable bonds is 6. The number of unbranched alkanes of at least 4 members (excludes halogenated alkanes) is 1. The first-order chi connectivity index (χ1) is 9.19. The largest absolute Gasteiger partial charge is 0.462 e. The Hall–Kier alpha value is -2.28. The van der Waals surface area contributed by atoms with Crippen LogP contribution in [0.5, 0.6) is 0 Å². The van der Waals surface area contributed by atoms with Gasteiger partial charge in [-0.1, -0.05) is 25.3 Å². The highest BCUT2D eigenvalue weighted by atomic mass is 16.5. The molecule has 1 N–H and O–H groups in total. The highest BCUT2D eigenvalue weighted by molar-refractivity contribution is 5.97. The van der Waals surface area contributed by atoms with Crippen molar-refractivity contribution in [3.8, 4) is 12.3 Å². The Morgan fingerprint density at radius 3 is 2.79 bits per heavy atom. The molecule has 1 aromatic rings. The molecule has 100 valence electrons. The van der Waals surface area contributed by atoms with Crippen LogP contribution < -0.4 is 5.32 Å². The number of amides is 1. The van der Waals surface area contributed by atoms with E-state index in [-0.39, 0.29) is 12.5 Å². The monoisotopic (exact) mass is 259 g/mol. The summed E-state index contributed by atoms with van der Waals surface area (Å²) in [6, 6.07) is 6.38. The molecule has 0 atom stereocenters. The van der Waals surface area contributed by atoms with E-state index >= 15 is 0 Å². The maximum atomic E-state index is 11.7. The van der Waals surface area contributed by atoms with Crippen LogP contribution >= 0.6 is 0 Å². The van der Waals surface area contributed by atoms with Crippen LogP contribution in [0.2, 0.25) is 0 Å².